The van der Waals surface area contributed by atoms with Gasteiger partial charge in [-0.3, -0.25) is 19.1 Å². The Balaban J connectivity index is 1.39. The summed E-state index contributed by atoms with van der Waals surface area (Å²) in [6.45, 7) is 9.40. The van der Waals surface area contributed by atoms with Crippen molar-refractivity contribution in [3.05, 3.63) is 57.0 Å². The highest BCUT2D eigenvalue weighted by atomic mass is 32.1. The first-order valence-electron chi connectivity index (χ1n) is 10.5. The number of anilines is 1. The molecule has 4 rings (SSSR count). The van der Waals surface area contributed by atoms with Crippen LogP contribution in [0.15, 0.2) is 35.4 Å². The smallest absolute Gasteiger partial charge is 0.262 e. The fourth-order valence-electron chi connectivity index (χ4n) is 4.12. The monoisotopic (exact) mass is 424 g/mol. The van der Waals surface area contributed by atoms with Gasteiger partial charge in [-0.1, -0.05) is 19.1 Å². The maximum Gasteiger partial charge on any atom is 0.262 e. The van der Waals surface area contributed by atoms with E-state index in [9.17, 15) is 9.59 Å². The van der Waals surface area contributed by atoms with Gasteiger partial charge in [0.1, 0.15) is 11.4 Å². The number of fused-ring (bicyclic) bond motifs is 1. The average Bonchev–Trinajstić information content (AvgIpc) is 3.00. The molecule has 0 spiro atoms. The van der Waals surface area contributed by atoms with E-state index in [4.69, 9.17) is 0 Å². The van der Waals surface area contributed by atoms with E-state index < -0.39 is 0 Å². The van der Waals surface area contributed by atoms with Crippen molar-refractivity contribution in [3.63, 3.8) is 0 Å². The van der Waals surface area contributed by atoms with Crippen LogP contribution >= 0.6 is 11.3 Å². The second-order valence-corrected chi connectivity index (χ2v) is 9.57. The maximum atomic E-state index is 12.8. The Hall–Kier alpha value is -2.51. The molecule has 1 aromatic carbocycles. The molecule has 1 saturated heterocycles. The zero-order valence-electron chi connectivity index (χ0n) is 17.8. The molecule has 1 N–H and O–H groups in total. The highest BCUT2D eigenvalue weighted by Gasteiger charge is 2.16. The van der Waals surface area contributed by atoms with Crippen LogP contribution in [0.3, 0.4) is 0 Å². The lowest BCUT2D eigenvalue weighted by Gasteiger charge is -2.30. The van der Waals surface area contributed by atoms with Gasteiger partial charge < -0.3 is 5.32 Å². The Bertz CT molecular complexity index is 1120. The number of hydrogen-bond donors (Lipinski definition) is 1. The summed E-state index contributed by atoms with van der Waals surface area (Å²) in [4.78, 5) is 33.9. The molecule has 1 aliphatic heterocycles. The van der Waals surface area contributed by atoms with Crippen LogP contribution < -0.4 is 10.9 Å². The molecule has 6 nitrogen and oxygen atoms in total. The second kappa shape index (κ2) is 8.70. The fourth-order valence-corrected chi connectivity index (χ4v) is 5.11. The van der Waals surface area contributed by atoms with Crippen LogP contribution in [0.5, 0.6) is 0 Å². The van der Waals surface area contributed by atoms with Crippen LogP contribution in [0.1, 0.15) is 35.8 Å². The Morgan fingerprint density at radius 3 is 2.77 bits per heavy atom. The van der Waals surface area contributed by atoms with E-state index in [1.54, 1.807) is 0 Å². The highest BCUT2D eigenvalue weighted by Crippen LogP contribution is 2.25. The number of piperidine rings is 1. The van der Waals surface area contributed by atoms with Crippen molar-refractivity contribution in [2.24, 2.45) is 5.92 Å². The molecule has 0 radical (unpaired) electrons. The Morgan fingerprint density at radius 2 is 2.03 bits per heavy atom. The van der Waals surface area contributed by atoms with E-state index in [0.717, 1.165) is 46.5 Å². The van der Waals surface area contributed by atoms with Gasteiger partial charge in [-0.15, -0.1) is 11.3 Å². The molecule has 1 atom stereocenters. The quantitative estimate of drug-likeness (QED) is 0.674. The minimum atomic E-state index is -0.236. The molecule has 158 valence electrons. The Morgan fingerprint density at radius 1 is 1.27 bits per heavy atom. The van der Waals surface area contributed by atoms with Gasteiger partial charge >= 0.3 is 0 Å². The topological polar surface area (TPSA) is 67.2 Å². The molecule has 2 aromatic heterocycles. The Kier molecular flexibility index (Phi) is 6.01. The Labute approximate surface area is 180 Å². The van der Waals surface area contributed by atoms with Crippen LogP contribution in [0, 0.1) is 19.8 Å². The van der Waals surface area contributed by atoms with E-state index in [2.05, 4.69) is 34.3 Å². The number of aryl methyl sites for hydroxylation is 2. The summed E-state index contributed by atoms with van der Waals surface area (Å²) in [6.07, 6.45) is 4.04. The third-order valence-corrected chi connectivity index (χ3v) is 6.97. The summed E-state index contributed by atoms with van der Waals surface area (Å²) in [6, 6.07) is 7.98. The normalized spacial score (nSPS) is 17.4. The number of nitrogens with zero attached hydrogens (tertiary/aromatic N) is 3. The summed E-state index contributed by atoms with van der Waals surface area (Å²) in [5.74, 6) is 0.525. The van der Waals surface area contributed by atoms with Crippen molar-refractivity contribution in [3.8, 4) is 0 Å². The van der Waals surface area contributed by atoms with Gasteiger partial charge in [0, 0.05) is 23.7 Å². The number of rotatable bonds is 5. The minimum absolute atomic E-state index is 0.0521. The first kappa shape index (κ1) is 20.8. The van der Waals surface area contributed by atoms with E-state index >= 15 is 0 Å². The lowest BCUT2D eigenvalue weighted by Crippen LogP contribution is -2.33. The molecule has 30 heavy (non-hydrogen) atoms. The maximum absolute atomic E-state index is 12.8. The average molecular weight is 425 g/mol. The highest BCUT2D eigenvalue weighted by molar-refractivity contribution is 7.18. The zero-order valence-corrected chi connectivity index (χ0v) is 18.6. The third-order valence-electron chi connectivity index (χ3n) is 5.85. The largest absolute Gasteiger partial charge is 0.325 e. The summed E-state index contributed by atoms with van der Waals surface area (Å²) < 4.78 is 1.38. The van der Waals surface area contributed by atoms with Crippen LogP contribution in [-0.4, -0.2) is 33.4 Å². The number of likely N-dealkylation sites (tertiary alicyclic amines) is 1. The van der Waals surface area contributed by atoms with Crippen LogP contribution in [0.2, 0.25) is 0 Å². The first-order chi connectivity index (χ1) is 14.4. The minimum Gasteiger partial charge on any atom is -0.325 e. The number of aromatic nitrogens is 2. The lowest BCUT2D eigenvalue weighted by molar-refractivity contribution is -0.116. The van der Waals surface area contributed by atoms with Crippen molar-refractivity contribution in [2.45, 2.75) is 46.7 Å². The molecule has 3 heterocycles. The molecule has 0 aliphatic carbocycles. The van der Waals surface area contributed by atoms with Crippen molar-refractivity contribution in [1.29, 1.82) is 0 Å². The first-order valence-corrected chi connectivity index (χ1v) is 11.3. The number of carbonyl (C=O) groups excluding carboxylic acids is 1. The molecular weight excluding hydrogens is 396 g/mol. The van der Waals surface area contributed by atoms with Crippen molar-refractivity contribution in [2.75, 3.05) is 18.4 Å². The number of thiophene rings is 1. The van der Waals surface area contributed by atoms with E-state index in [1.165, 1.54) is 40.6 Å². The molecule has 0 unspecified atom stereocenters. The standard InChI is InChI=1S/C23H28N4O2S/c1-15-5-4-10-26(11-15)12-18-6-8-19(9-7-18)25-20(28)13-27-14-24-22-21(23(27)29)16(2)17(3)30-22/h6-9,14-15H,4-5,10-13H2,1-3H3,(H,25,28)/t15-/m1/s1. The molecule has 0 saturated carbocycles. The molecule has 3 aromatic rings. The van der Waals surface area contributed by atoms with Crippen molar-refractivity contribution < 1.29 is 4.79 Å². The van der Waals surface area contributed by atoms with Gasteiger partial charge in [0.25, 0.3) is 5.56 Å². The van der Waals surface area contributed by atoms with Gasteiger partial charge in [-0.25, -0.2) is 4.98 Å². The number of nitrogens with one attached hydrogen (secondary N) is 1. The molecule has 7 heteroatoms. The third kappa shape index (κ3) is 4.47. The molecule has 1 aliphatic rings. The fraction of sp³-hybridized carbons (Fsp3) is 0.435. The van der Waals surface area contributed by atoms with Gasteiger partial charge in [-0.05, 0) is 62.4 Å². The number of amides is 1. The number of carbonyl (C=O) groups is 1. The summed E-state index contributed by atoms with van der Waals surface area (Å²) >= 11 is 1.51. The van der Waals surface area contributed by atoms with Crippen LogP contribution in [-0.2, 0) is 17.9 Å². The van der Waals surface area contributed by atoms with Crippen molar-refractivity contribution in [1.82, 2.24) is 14.5 Å². The van der Waals surface area contributed by atoms with E-state index in [-0.39, 0.29) is 18.0 Å². The molecule has 0 bridgehead atoms. The van der Waals surface area contributed by atoms with Gasteiger partial charge in [0.2, 0.25) is 5.91 Å². The number of benzene rings is 1. The van der Waals surface area contributed by atoms with E-state index in [1.807, 2.05) is 26.0 Å². The summed E-state index contributed by atoms with van der Waals surface area (Å²) in [7, 11) is 0. The summed E-state index contributed by atoms with van der Waals surface area (Å²) in [5, 5.41) is 3.50. The molecule has 1 fully saturated rings. The van der Waals surface area contributed by atoms with Crippen LogP contribution in [0.25, 0.3) is 10.2 Å². The number of hydrogen-bond acceptors (Lipinski definition) is 5. The second-order valence-electron chi connectivity index (χ2n) is 8.37. The molecule has 1 amide bonds. The molecular formula is C23H28N4O2S. The van der Waals surface area contributed by atoms with Gasteiger partial charge in [0.05, 0.1) is 11.7 Å². The summed E-state index contributed by atoms with van der Waals surface area (Å²) in [5.41, 5.74) is 2.76. The SMILES string of the molecule is Cc1sc2ncn(CC(=O)Nc3ccc(CN4CCC[C@@H](C)C4)cc3)c(=O)c2c1C. The lowest BCUT2D eigenvalue weighted by atomic mass is 10.00. The van der Waals surface area contributed by atoms with Gasteiger partial charge in [-0.2, -0.15) is 0 Å². The predicted octanol–water partition coefficient (Wildman–Crippen LogP) is 3.95. The van der Waals surface area contributed by atoms with E-state index in [0.29, 0.717) is 5.39 Å². The zero-order chi connectivity index (χ0) is 21.3. The predicted molar refractivity (Wildman–Crippen MR) is 122 cm³/mol. The van der Waals surface area contributed by atoms with Gasteiger partial charge in [0.15, 0.2) is 0 Å². The van der Waals surface area contributed by atoms with Crippen LogP contribution in [0.4, 0.5) is 5.69 Å². The van der Waals surface area contributed by atoms with Crippen molar-refractivity contribution >= 4 is 33.1 Å².